The van der Waals surface area contributed by atoms with E-state index in [1.54, 1.807) is 11.3 Å². The van der Waals surface area contributed by atoms with Gasteiger partial charge < -0.3 is 10.1 Å². The van der Waals surface area contributed by atoms with E-state index in [0.717, 1.165) is 26.2 Å². The molecule has 0 aromatic carbocycles. The quantitative estimate of drug-likeness (QED) is 0.853. The number of hydrogen-bond acceptors (Lipinski definition) is 3. The fourth-order valence-corrected chi connectivity index (χ4v) is 3.09. The lowest BCUT2D eigenvalue weighted by molar-refractivity contribution is 0.0396. The lowest BCUT2D eigenvalue weighted by atomic mass is 9.90. The Bertz CT molecular complexity index is 280. The SMILES string of the molecule is CCNC(Cc1ccsc1)C1CCCOC1. The Morgan fingerprint density at radius 1 is 1.62 bits per heavy atom. The van der Waals surface area contributed by atoms with Crippen molar-refractivity contribution in [1.82, 2.24) is 5.32 Å². The summed E-state index contributed by atoms with van der Waals surface area (Å²) in [4.78, 5) is 0. The highest BCUT2D eigenvalue weighted by molar-refractivity contribution is 7.07. The van der Waals surface area contributed by atoms with Crippen molar-refractivity contribution in [1.29, 1.82) is 0 Å². The Kier molecular flexibility index (Phi) is 4.82. The van der Waals surface area contributed by atoms with Crippen LogP contribution in [-0.2, 0) is 11.2 Å². The van der Waals surface area contributed by atoms with Gasteiger partial charge in [-0.3, -0.25) is 0 Å². The fraction of sp³-hybridized carbons (Fsp3) is 0.692. The molecular formula is C13H21NOS. The Morgan fingerprint density at radius 3 is 3.19 bits per heavy atom. The van der Waals surface area contributed by atoms with Gasteiger partial charge in [-0.2, -0.15) is 11.3 Å². The molecule has 0 saturated carbocycles. The van der Waals surface area contributed by atoms with Crippen LogP contribution in [-0.4, -0.2) is 25.8 Å². The van der Waals surface area contributed by atoms with Gasteiger partial charge in [-0.05, 0) is 54.1 Å². The predicted octanol–water partition coefficient (Wildman–Crippen LogP) is 2.70. The minimum absolute atomic E-state index is 0.583. The average Bonchev–Trinajstić information content (AvgIpc) is 2.83. The van der Waals surface area contributed by atoms with Crippen LogP contribution in [0.4, 0.5) is 0 Å². The first-order valence-corrected chi connectivity index (χ1v) is 7.16. The Labute approximate surface area is 102 Å². The van der Waals surface area contributed by atoms with Crippen molar-refractivity contribution in [2.45, 2.75) is 32.2 Å². The molecule has 16 heavy (non-hydrogen) atoms. The molecule has 0 aliphatic carbocycles. The van der Waals surface area contributed by atoms with Crippen molar-refractivity contribution in [3.63, 3.8) is 0 Å². The van der Waals surface area contributed by atoms with E-state index in [4.69, 9.17) is 4.74 Å². The van der Waals surface area contributed by atoms with Gasteiger partial charge in [0.2, 0.25) is 0 Å². The highest BCUT2D eigenvalue weighted by Crippen LogP contribution is 2.21. The molecule has 3 heteroatoms. The lowest BCUT2D eigenvalue weighted by Gasteiger charge is -2.30. The van der Waals surface area contributed by atoms with Gasteiger partial charge in [-0.1, -0.05) is 6.92 Å². The minimum Gasteiger partial charge on any atom is -0.381 e. The van der Waals surface area contributed by atoms with Gasteiger partial charge in [0.15, 0.2) is 0 Å². The summed E-state index contributed by atoms with van der Waals surface area (Å²) in [5.41, 5.74) is 1.46. The molecule has 1 N–H and O–H groups in total. The van der Waals surface area contributed by atoms with Crippen LogP contribution in [0.15, 0.2) is 16.8 Å². The summed E-state index contributed by atoms with van der Waals surface area (Å²) >= 11 is 1.79. The molecule has 1 fully saturated rings. The first kappa shape index (κ1) is 12.1. The maximum Gasteiger partial charge on any atom is 0.0509 e. The van der Waals surface area contributed by atoms with Crippen LogP contribution in [0.5, 0.6) is 0 Å². The highest BCUT2D eigenvalue weighted by Gasteiger charge is 2.23. The van der Waals surface area contributed by atoms with Crippen molar-refractivity contribution in [3.8, 4) is 0 Å². The molecule has 2 atom stereocenters. The number of hydrogen-bond donors (Lipinski definition) is 1. The van der Waals surface area contributed by atoms with E-state index in [1.807, 2.05) is 0 Å². The van der Waals surface area contributed by atoms with Crippen molar-refractivity contribution in [2.75, 3.05) is 19.8 Å². The fourth-order valence-electron chi connectivity index (χ4n) is 2.41. The third kappa shape index (κ3) is 3.30. The molecular weight excluding hydrogens is 218 g/mol. The van der Waals surface area contributed by atoms with E-state index in [0.29, 0.717) is 12.0 Å². The van der Waals surface area contributed by atoms with Gasteiger partial charge in [-0.25, -0.2) is 0 Å². The van der Waals surface area contributed by atoms with Crippen LogP contribution in [0.3, 0.4) is 0 Å². The van der Waals surface area contributed by atoms with Gasteiger partial charge in [0.25, 0.3) is 0 Å². The molecule has 1 aliphatic heterocycles. The monoisotopic (exact) mass is 239 g/mol. The Hall–Kier alpha value is -0.380. The van der Waals surface area contributed by atoms with Crippen LogP contribution in [0.2, 0.25) is 0 Å². The second-order valence-electron chi connectivity index (χ2n) is 4.48. The van der Waals surface area contributed by atoms with Crippen molar-refractivity contribution in [2.24, 2.45) is 5.92 Å². The van der Waals surface area contributed by atoms with Gasteiger partial charge in [-0.15, -0.1) is 0 Å². The maximum atomic E-state index is 5.59. The topological polar surface area (TPSA) is 21.3 Å². The predicted molar refractivity (Wildman–Crippen MR) is 69.0 cm³/mol. The molecule has 2 nitrogen and oxygen atoms in total. The third-order valence-corrected chi connectivity index (χ3v) is 4.00. The number of thiophene rings is 1. The van der Waals surface area contributed by atoms with Crippen LogP contribution in [0, 0.1) is 5.92 Å². The smallest absolute Gasteiger partial charge is 0.0509 e. The lowest BCUT2D eigenvalue weighted by Crippen LogP contribution is -2.41. The molecule has 2 heterocycles. The molecule has 90 valence electrons. The molecule has 0 bridgehead atoms. The minimum atomic E-state index is 0.583. The molecule has 1 aromatic heterocycles. The van der Waals surface area contributed by atoms with E-state index < -0.39 is 0 Å². The van der Waals surface area contributed by atoms with Crippen LogP contribution >= 0.6 is 11.3 Å². The van der Waals surface area contributed by atoms with Crippen molar-refractivity contribution < 1.29 is 4.74 Å². The van der Waals surface area contributed by atoms with E-state index in [-0.39, 0.29) is 0 Å². The molecule has 2 rings (SSSR count). The number of ether oxygens (including phenoxy) is 1. The first-order valence-electron chi connectivity index (χ1n) is 6.22. The molecule has 0 amide bonds. The Balaban J connectivity index is 1.92. The molecule has 1 aromatic rings. The van der Waals surface area contributed by atoms with Crippen LogP contribution < -0.4 is 5.32 Å². The summed E-state index contributed by atoms with van der Waals surface area (Å²) in [7, 11) is 0. The van der Waals surface area contributed by atoms with Gasteiger partial charge in [0.05, 0.1) is 6.61 Å². The number of likely N-dealkylation sites (N-methyl/N-ethyl adjacent to an activating group) is 1. The van der Waals surface area contributed by atoms with Gasteiger partial charge in [0, 0.05) is 12.6 Å². The summed E-state index contributed by atoms with van der Waals surface area (Å²) < 4.78 is 5.59. The Morgan fingerprint density at radius 2 is 2.56 bits per heavy atom. The second kappa shape index (κ2) is 6.38. The molecule has 1 saturated heterocycles. The number of nitrogens with one attached hydrogen (secondary N) is 1. The van der Waals surface area contributed by atoms with E-state index in [1.165, 1.54) is 18.4 Å². The summed E-state index contributed by atoms with van der Waals surface area (Å²) in [6, 6.07) is 2.82. The van der Waals surface area contributed by atoms with Crippen LogP contribution in [0.1, 0.15) is 25.3 Å². The standard InChI is InChI=1S/C13H21NOS/c1-2-14-13(8-11-5-7-16-10-11)12-4-3-6-15-9-12/h5,7,10,12-14H,2-4,6,8-9H2,1H3. The molecule has 0 radical (unpaired) electrons. The zero-order valence-corrected chi connectivity index (χ0v) is 10.8. The van der Waals surface area contributed by atoms with E-state index >= 15 is 0 Å². The first-order chi connectivity index (χ1) is 7.90. The van der Waals surface area contributed by atoms with Crippen LogP contribution in [0.25, 0.3) is 0 Å². The highest BCUT2D eigenvalue weighted by atomic mass is 32.1. The summed E-state index contributed by atoms with van der Waals surface area (Å²) in [5.74, 6) is 0.689. The van der Waals surface area contributed by atoms with Gasteiger partial charge in [0.1, 0.15) is 0 Å². The molecule has 0 spiro atoms. The molecule has 1 aliphatic rings. The maximum absolute atomic E-state index is 5.59. The van der Waals surface area contributed by atoms with E-state index in [9.17, 15) is 0 Å². The largest absolute Gasteiger partial charge is 0.381 e. The summed E-state index contributed by atoms with van der Waals surface area (Å²) in [5, 5.41) is 8.04. The average molecular weight is 239 g/mol. The third-order valence-electron chi connectivity index (χ3n) is 3.27. The van der Waals surface area contributed by atoms with Crippen molar-refractivity contribution >= 4 is 11.3 Å². The zero-order valence-electron chi connectivity index (χ0n) is 9.95. The summed E-state index contributed by atoms with van der Waals surface area (Å²) in [6.07, 6.45) is 3.67. The van der Waals surface area contributed by atoms with E-state index in [2.05, 4.69) is 29.1 Å². The molecule has 2 unspecified atom stereocenters. The normalized spacial score (nSPS) is 23.2. The zero-order chi connectivity index (χ0) is 11.2. The number of rotatable bonds is 5. The van der Waals surface area contributed by atoms with Gasteiger partial charge >= 0.3 is 0 Å². The van der Waals surface area contributed by atoms with Crippen molar-refractivity contribution in [3.05, 3.63) is 22.4 Å². The summed E-state index contributed by atoms with van der Waals surface area (Å²) in [6.45, 7) is 5.12. The second-order valence-corrected chi connectivity index (χ2v) is 5.26.